The molecule has 6 heteroatoms. The van der Waals surface area contributed by atoms with E-state index in [2.05, 4.69) is 0 Å². The first-order valence-electron chi connectivity index (χ1n) is 5.62. The average Bonchev–Trinajstić information content (AvgIpc) is 2.86. The van der Waals surface area contributed by atoms with Crippen molar-refractivity contribution in [2.45, 2.75) is 13.3 Å². The average molecular weight is 277 g/mol. The summed E-state index contributed by atoms with van der Waals surface area (Å²) < 4.78 is 0. The van der Waals surface area contributed by atoms with Crippen LogP contribution >= 0.6 is 11.3 Å². The van der Waals surface area contributed by atoms with E-state index < -0.39 is 10.9 Å². The molecule has 19 heavy (non-hydrogen) atoms. The summed E-state index contributed by atoms with van der Waals surface area (Å²) in [5, 5.41) is 21.9. The highest BCUT2D eigenvalue weighted by atomic mass is 32.1. The number of carboxylic acids is 1. The molecule has 0 radical (unpaired) electrons. The Bertz CT molecular complexity index is 648. The predicted molar refractivity (Wildman–Crippen MR) is 72.7 cm³/mol. The molecule has 1 N–H and O–H groups in total. The van der Waals surface area contributed by atoms with Gasteiger partial charge < -0.3 is 5.11 Å². The molecule has 0 fully saturated rings. The lowest BCUT2D eigenvalue weighted by Gasteiger charge is -2.03. The van der Waals surface area contributed by atoms with Crippen LogP contribution in [0.25, 0.3) is 10.4 Å². The molecule has 1 aromatic heterocycles. The molecule has 1 heterocycles. The van der Waals surface area contributed by atoms with Gasteiger partial charge in [-0.25, -0.2) is 4.79 Å². The largest absolute Gasteiger partial charge is 0.478 e. The van der Waals surface area contributed by atoms with Gasteiger partial charge in [0.2, 0.25) is 0 Å². The monoisotopic (exact) mass is 277 g/mol. The maximum absolute atomic E-state index is 11.2. The molecule has 0 aliphatic heterocycles. The predicted octanol–water partition coefficient (Wildman–Crippen LogP) is 3.58. The van der Waals surface area contributed by atoms with E-state index in [1.807, 2.05) is 18.4 Å². The molecule has 5 nitrogen and oxygen atoms in total. The number of hydrogen-bond acceptors (Lipinski definition) is 4. The van der Waals surface area contributed by atoms with Crippen molar-refractivity contribution in [3.63, 3.8) is 0 Å². The van der Waals surface area contributed by atoms with Crippen molar-refractivity contribution in [2.24, 2.45) is 0 Å². The molecule has 0 saturated heterocycles. The van der Waals surface area contributed by atoms with Gasteiger partial charge in [0.1, 0.15) is 0 Å². The van der Waals surface area contributed by atoms with Crippen LogP contribution in [0, 0.1) is 10.1 Å². The van der Waals surface area contributed by atoms with Crippen molar-refractivity contribution in [1.82, 2.24) is 0 Å². The van der Waals surface area contributed by atoms with Crippen LogP contribution in [0.2, 0.25) is 0 Å². The summed E-state index contributed by atoms with van der Waals surface area (Å²) in [5.41, 5.74) is 1.45. The number of nitrogens with zero attached hydrogens (tertiary/aromatic N) is 1. The fourth-order valence-corrected chi connectivity index (χ4v) is 2.77. The number of aryl methyl sites for hydroxylation is 1. The topological polar surface area (TPSA) is 80.4 Å². The summed E-state index contributed by atoms with van der Waals surface area (Å²) in [6.45, 7) is 2.00. The van der Waals surface area contributed by atoms with Crippen LogP contribution in [0.5, 0.6) is 0 Å². The number of non-ortho nitro benzene ring substituents is 1. The molecule has 2 rings (SSSR count). The van der Waals surface area contributed by atoms with Crippen molar-refractivity contribution in [3.05, 3.63) is 50.9 Å². The minimum Gasteiger partial charge on any atom is -0.478 e. The van der Waals surface area contributed by atoms with Crippen molar-refractivity contribution >= 4 is 23.0 Å². The van der Waals surface area contributed by atoms with Crippen LogP contribution < -0.4 is 0 Å². The number of carboxylic acid groups (broad SMARTS) is 1. The molecule has 0 unspecified atom stereocenters. The first-order chi connectivity index (χ1) is 9.02. The number of thiophene rings is 1. The zero-order valence-corrected chi connectivity index (χ0v) is 10.9. The first-order valence-corrected chi connectivity index (χ1v) is 6.50. The van der Waals surface area contributed by atoms with Crippen molar-refractivity contribution in [2.75, 3.05) is 0 Å². The van der Waals surface area contributed by atoms with Crippen LogP contribution in [-0.2, 0) is 6.42 Å². The second kappa shape index (κ2) is 5.19. The molecule has 0 aliphatic carbocycles. The van der Waals surface area contributed by atoms with Gasteiger partial charge in [-0.15, -0.1) is 11.3 Å². The van der Waals surface area contributed by atoms with Gasteiger partial charge in [-0.2, -0.15) is 0 Å². The summed E-state index contributed by atoms with van der Waals surface area (Å²) in [6, 6.07) is 5.67. The molecule has 2 aromatic rings. The van der Waals surface area contributed by atoms with Gasteiger partial charge >= 0.3 is 5.97 Å². The number of carbonyl (C=O) groups is 1. The summed E-state index contributed by atoms with van der Waals surface area (Å²) in [6.07, 6.45) is 0.841. The van der Waals surface area contributed by atoms with Crippen molar-refractivity contribution in [1.29, 1.82) is 0 Å². The summed E-state index contributed by atoms with van der Waals surface area (Å²) in [7, 11) is 0. The minimum atomic E-state index is -1.09. The lowest BCUT2D eigenvalue weighted by molar-refractivity contribution is -0.384. The quantitative estimate of drug-likeness (QED) is 0.684. The summed E-state index contributed by atoms with van der Waals surface area (Å²) in [5.74, 6) is -1.09. The Labute approximate surface area is 113 Å². The second-order valence-corrected chi connectivity index (χ2v) is 4.88. The summed E-state index contributed by atoms with van der Waals surface area (Å²) >= 11 is 1.39. The van der Waals surface area contributed by atoms with Gasteiger partial charge in [-0.05, 0) is 29.5 Å². The fourth-order valence-electron chi connectivity index (χ4n) is 1.74. The SMILES string of the molecule is CCc1csc(-c2cc([N+](=O)[O-])ccc2C(=O)O)c1. The van der Waals surface area contributed by atoms with Gasteiger partial charge in [-0.3, -0.25) is 10.1 Å². The van der Waals surface area contributed by atoms with E-state index in [9.17, 15) is 14.9 Å². The van der Waals surface area contributed by atoms with E-state index in [1.54, 1.807) is 0 Å². The second-order valence-electron chi connectivity index (χ2n) is 3.96. The maximum atomic E-state index is 11.2. The van der Waals surface area contributed by atoms with Crippen LogP contribution in [0.15, 0.2) is 29.6 Å². The lowest BCUT2D eigenvalue weighted by Crippen LogP contribution is -2.00. The number of hydrogen-bond donors (Lipinski definition) is 1. The van der Waals surface area contributed by atoms with Crippen LogP contribution in [0.4, 0.5) is 5.69 Å². The van der Waals surface area contributed by atoms with Crippen LogP contribution in [0.1, 0.15) is 22.8 Å². The number of nitro groups is 1. The Hall–Kier alpha value is -2.21. The Balaban J connectivity index is 2.60. The van der Waals surface area contributed by atoms with E-state index in [0.717, 1.165) is 16.9 Å². The molecule has 0 aliphatic rings. The van der Waals surface area contributed by atoms with Gasteiger partial charge in [0.15, 0.2) is 0 Å². The fraction of sp³-hybridized carbons (Fsp3) is 0.154. The molecule has 1 aromatic carbocycles. The van der Waals surface area contributed by atoms with E-state index in [-0.39, 0.29) is 11.3 Å². The van der Waals surface area contributed by atoms with Gasteiger partial charge in [-0.1, -0.05) is 6.92 Å². The standard InChI is InChI=1S/C13H11NO4S/c1-2-8-5-12(19-7-8)11-6-9(14(17)18)3-4-10(11)13(15)16/h3-7H,2H2,1H3,(H,15,16). The van der Waals surface area contributed by atoms with E-state index in [4.69, 9.17) is 5.11 Å². The number of benzene rings is 1. The normalized spacial score (nSPS) is 10.4. The molecule has 0 spiro atoms. The minimum absolute atomic E-state index is 0.0788. The first kappa shape index (κ1) is 13.2. The lowest BCUT2D eigenvalue weighted by atomic mass is 10.0. The van der Waals surface area contributed by atoms with E-state index in [0.29, 0.717) is 5.56 Å². The zero-order chi connectivity index (χ0) is 14.0. The van der Waals surface area contributed by atoms with E-state index in [1.165, 1.54) is 29.5 Å². The maximum Gasteiger partial charge on any atom is 0.336 e. The Morgan fingerprint density at radius 3 is 2.68 bits per heavy atom. The Kier molecular flexibility index (Phi) is 3.62. The van der Waals surface area contributed by atoms with Crippen molar-refractivity contribution in [3.8, 4) is 10.4 Å². The third kappa shape index (κ3) is 2.63. The smallest absolute Gasteiger partial charge is 0.336 e. The summed E-state index contributed by atoms with van der Waals surface area (Å²) in [4.78, 5) is 22.2. The Morgan fingerprint density at radius 2 is 2.16 bits per heavy atom. The molecular formula is C13H11NO4S. The van der Waals surface area contributed by atoms with Gasteiger partial charge in [0, 0.05) is 22.6 Å². The van der Waals surface area contributed by atoms with Gasteiger partial charge in [0.25, 0.3) is 5.69 Å². The highest BCUT2D eigenvalue weighted by molar-refractivity contribution is 7.13. The molecule has 0 saturated carbocycles. The van der Waals surface area contributed by atoms with Gasteiger partial charge in [0.05, 0.1) is 10.5 Å². The number of nitro benzene ring substituents is 1. The number of rotatable bonds is 4. The highest BCUT2D eigenvalue weighted by Crippen LogP contribution is 2.33. The van der Waals surface area contributed by atoms with Crippen LogP contribution in [-0.4, -0.2) is 16.0 Å². The van der Waals surface area contributed by atoms with Crippen molar-refractivity contribution < 1.29 is 14.8 Å². The highest BCUT2D eigenvalue weighted by Gasteiger charge is 2.17. The third-order valence-electron chi connectivity index (χ3n) is 2.77. The zero-order valence-electron chi connectivity index (χ0n) is 10.1. The molecule has 0 bridgehead atoms. The Morgan fingerprint density at radius 1 is 1.42 bits per heavy atom. The van der Waals surface area contributed by atoms with E-state index >= 15 is 0 Å². The third-order valence-corrected chi connectivity index (χ3v) is 3.78. The molecular weight excluding hydrogens is 266 g/mol. The molecule has 98 valence electrons. The number of aromatic carboxylic acids is 1. The molecule has 0 atom stereocenters. The van der Waals surface area contributed by atoms with Crippen LogP contribution in [0.3, 0.4) is 0 Å². The molecule has 0 amide bonds.